The van der Waals surface area contributed by atoms with E-state index < -0.39 is 0 Å². The largest absolute Gasteiger partial charge is 0.307 e. The van der Waals surface area contributed by atoms with Crippen LogP contribution in [-0.4, -0.2) is 19.1 Å². The maximum Gasteiger partial charge on any atom is 0.235 e. The van der Waals surface area contributed by atoms with Crippen molar-refractivity contribution in [2.24, 2.45) is 0 Å². The van der Waals surface area contributed by atoms with E-state index >= 15 is 0 Å². The second-order valence-corrected chi connectivity index (χ2v) is 14.1. The van der Waals surface area contributed by atoms with Crippen molar-refractivity contribution in [3.63, 3.8) is 0 Å². The molecule has 0 fully saturated rings. The number of nitrogens with zero attached hydrogens (tertiary/aromatic N) is 6. The van der Waals surface area contributed by atoms with Crippen LogP contribution in [0.4, 0.5) is 0 Å². The van der Waals surface area contributed by atoms with E-state index in [0.29, 0.717) is 17.1 Å². The van der Waals surface area contributed by atoms with Crippen LogP contribution in [0.15, 0.2) is 170 Å². The molecule has 58 heavy (non-hydrogen) atoms. The van der Waals surface area contributed by atoms with E-state index in [0.717, 1.165) is 88.0 Å². The van der Waals surface area contributed by atoms with Crippen LogP contribution in [0.5, 0.6) is 0 Å². The van der Waals surface area contributed by atoms with Crippen molar-refractivity contribution in [2.45, 2.75) is 13.8 Å². The van der Waals surface area contributed by atoms with Crippen LogP contribution >= 0.6 is 0 Å². The molecule has 0 atom stereocenters. The Labute approximate surface area is 334 Å². The lowest BCUT2D eigenvalue weighted by Crippen LogP contribution is -2.05. The van der Waals surface area contributed by atoms with Gasteiger partial charge in [0.15, 0.2) is 0 Å². The number of fused-ring (bicyclic) bond motifs is 9. The summed E-state index contributed by atoms with van der Waals surface area (Å²) < 4.78 is 4.60. The molecular formula is C52H34N6. The Kier molecular flexibility index (Phi) is 8.25. The zero-order valence-electron chi connectivity index (χ0n) is 31.8. The number of hydrogen-bond donors (Lipinski definition) is 0. The third-order valence-corrected chi connectivity index (χ3v) is 10.9. The van der Waals surface area contributed by atoms with E-state index in [1.807, 2.05) is 50.2 Å². The van der Waals surface area contributed by atoms with Gasteiger partial charge in [-0.3, -0.25) is 4.57 Å². The molecule has 8 aromatic carbocycles. The molecule has 0 saturated carbocycles. The topological polar surface area (TPSA) is 83.2 Å². The summed E-state index contributed by atoms with van der Waals surface area (Å²) in [7, 11) is 0. The predicted molar refractivity (Wildman–Crippen MR) is 237 cm³/mol. The highest BCUT2D eigenvalue weighted by molar-refractivity contribution is 6.23. The summed E-state index contributed by atoms with van der Waals surface area (Å²) in [6, 6.07) is 62.7. The van der Waals surface area contributed by atoms with Crippen LogP contribution in [0.1, 0.15) is 25.0 Å². The van der Waals surface area contributed by atoms with Gasteiger partial charge in [0.25, 0.3) is 0 Å². The van der Waals surface area contributed by atoms with Gasteiger partial charge >= 0.3 is 0 Å². The Morgan fingerprint density at radius 1 is 0.414 bits per heavy atom. The number of hydrogen-bond acceptors (Lipinski definition) is 4. The third-order valence-electron chi connectivity index (χ3n) is 10.9. The van der Waals surface area contributed by atoms with Crippen LogP contribution in [0.2, 0.25) is 0 Å². The van der Waals surface area contributed by atoms with E-state index in [1.165, 1.54) is 5.39 Å². The quantitative estimate of drug-likeness (QED) is 0.180. The van der Waals surface area contributed by atoms with Gasteiger partial charge in [0.2, 0.25) is 5.95 Å². The molecule has 0 aliphatic carbocycles. The van der Waals surface area contributed by atoms with Gasteiger partial charge in [-0.05, 0) is 88.3 Å². The lowest BCUT2D eigenvalue weighted by Gasteiger charge is -2.14. The number of para-hydroxylation sites is 3. The number of rotatable bonds is 4. The fourth-order valence-corrected chi connectivity index (χ4v) is 8.33. The van der Waals surface area contributed by atoms with Crippen LogP contribution in [0.3, 0.4) is 0 Å². The summed E-state index contributed by atoms with van der Waals surface area (Å²) in [5, 5.41) is 27.6. The number of aromatic nitrogens is 4. The van der Waals surface area contributed by atoms with Crippen molar-refractivity contribution in [3.05, 3.63) is 181 Å². The summed E-state index contributed by atoms with van der Waals surface area (Å²) in [5.74, 6) is 0.556. The zero-order chi connectivity index (χ0) is 39.3. The molecule has 0 aliphatic heterocycles. The minimum absolute atomic E-state index is 0.556. The highest BCUT2D eigenvalue weighted by Crippen LogP contribution is 2.42. The molecule has 11 rings (SSSR count). The average Bonchev–Trinajstić information content (AvgIpc) is 3.82. The van der Waals surface area contributed by atoms with Gasteiger partial charge in [-0.25, -0.2) is 9.97 Å². The first kappa shape index (κ1) is 34.4. The van der Waals surface area contributed by atoms with Crippen molar-refractivity contribution in [2.75, 3.05) is 0 Å². The van der Waals surface area contributed by atoms with Gasteiger partial charge in [-0.2, -0.15) is 10.5 Å². The van der Waals surface area contributed by atoms with Crippen LogP contribution in [-0.2, 0) is 0 Å². The molecule has 3 aromatic heterocycles. The minimum Gasteiger partial charge on any atom is -0.307 e. The molecule has 272 valence electrons. The molecular weight excluding hydrogens is 709 g/mol. The van der Waals surface area contributed by atoms with E-state index in [4.69, 9.17) is 9.97 Å². The first-order valence-electron chi connectivity index (χ1n) is 19.4. The van der Waals surface area contributed by atoms with Gasteiger partial charge in [-0.15, -0.1) is 0 Å². The van der Waals surface area contributed by atoms with E-state index in [9.17, 15) is 10.5 Å². The molecule has 11 aromatic rings. The fraction of sp³-hybridized carbons (Fsp3) is 0.0385. The maximum absolute atomic E-state index is 9.54. The smallest absolute Gasteiger partial charge is 0.235 e. The van der Waals surface area contributed by atoms with E-state index in [2.05, 4.69) is 155 Å². The highest BCUT2D eigenvalue weighted by atomic mass is 15.2. The summed E-state index contributed by atoms with van der Waals surface area (Å²) in [6.07, 6.45) is 0. The fourth-order valence-electron chi connectivity index (χ4n) is 8.33. The Morgan fingerprint density at radius 3 is 1.40 bits per heavy atom. The number of benzene rings is 8. The van der Waals surface area contributed by atoms with Crippen molar-refractivity contribution >= 4 is 65.2 Å². The minimum atomic E-state index is 0.556. The standard InChI is InChI=1S/C50H28N6.C2H6/c51-29-31-14-16-35-26-37(20-18-33(35)24-31)44-28-45(38-21-19-34-25-32(30-52)15-17-36(34)27-38)54-50(53-44)56-47-13-7-5-11-41(47)43-23-22-42-40-10-4-6-12-46(40)55(48(42)49(43)56)39-8-2-1-3-9-39;1-2/h1-28H;1-2H3. The molecule has 0 aliphatic rings. The Hall–Kier alpha value is -8.06. The second kappa shape index (κ2) is 13.9. The lowest BCUT2D eigenvalue weighted by atomic mass is 10.0. The SMILES string of the molecule is CC.N#Cc1ccc2cc(-c3cc(-c4ccc5cc(C#N)ccc5c4)nc(-n4c5ccccc5c5ccc6c7ccccc7n(-c7ccccc7)c6c54)n3)ccc2c1. The molecule has 0 amide bonds. The summed E-state index contributed by atoms with van der Waals surface area (Å²) in [5.41, 5.74) is 10.00. The van der Waals surface area contributed by atoms with E-state index in [1.54, 1.807) is 0 Å². The molecule has 6 nitrogen and oxygen atoms in total. The summed E-state index contributed by atoms with van der Waals surface area (Å²) in [4.78, 5) is 10.8. The predicted octanol–water partition coefficient (Wildman–Crippen LogP) is 13.1. The van der Waals surface area contributed by atoms with Crippen LogP contribution in [0, 0.1) is 22.7 Å². The van der Waals surface area contributed by atoms with Crippen LogP contribution in [0.25, 0.3) is 99.3 Å². The van der Waals surface area contributed by atoms with Crippen molar-refractivity contribution in [3.8, 4) is 46.3 Å². The number of nitriles is 2. The first-order valence-corrected chi connectivity index (χ1v) is 19.4. The lowest BCUT2D eigenvalue weighted by molar-refractivity contribution is 0.995. The Morgan fingerprint density at radius 2 is 0.862 bits per heavy atom. The van der Waals surface area contributed by atoms with Crippen molar-refractivity contribution < 1.29 is 0 Å². The van der Waals surface area contributed by atoms with Gasteiger partial charge < -0.3 is 4.57 Å². The van der Waals surface area contributed by atoms with Gasteiger partial charge in [0.05, 0.1) is 56.7 Å². The Bertz CT molecular complexity index is 3390. The molecule has 0 N–H and O–H groups in total. The molecule has 0 bridgehead atoms. The van der Waals surface area contributed by atoms with Crippen molar-refractivity contribution in [1.82, 2.24) is 19.1 Å². The molecule has 3 heterocycles. The molecule has 0 unspecified atom stereocenters. The van der Waals surface area contributed by atoms with E-state index in [-0.39, 0.29) is 0 Å². The summed E-state index contributed by atoms with van der Waals surface area (Å²) in [6.45, 7) is 4.00. The average molecular weight is 743 g/mol. The van der Waals surface area contributed by atoms with Gasteiger partial charge in [0.1, 0.15) is 0 Å². The maximum atomic E-state index is 9.54. The van der Waals surface area contributed by atoms with Gasteiger partial charge in [0, 0.05) is 38.4 Å². The van der Waals surface area contributed by atoms with Crippen LogP contribution < -0.4 is 0 Å². The zero-order valence-corrected chi connectivity index (χ0v) is 31.8. The normalized spacial score (nSPS) is 11.2. The Balaban J connectivity index is 0.00000201. The first-order chi connectivity index (χ1) is 28.6. The molecule has 6 heteroatoms. The molecule has 0 spiro atoms. The molecule has 0 radical (unpaired) electrons. The summed E-state index contributed by atoms with van der Waals surface area (Å²) >= 11 is 0. The monoisotopic (exact) mass is 742 g/mol. The van der Waals surface area contributed by atoms with Gasteiger partial charge in [-0.1, -0.05) is 117 Å². The highest BCUT2D eigenvalue weighted by Gasteiger charge is 2.23. The second-order valence-electron chi connectivity index (χ2n) is 14.1. The van der Waals surface area contributed by atoms with Crippen molar-refractivity contribution in [1.29, 1.82) is 10.5 Å². The third kappa shape index (κ3) is 5.47. The molecule has 0 saturated heterocycles.